The van der Waals surface area contributed by atoms with Gasteiger partial charge in [-0.3, -0.25) is 9.48 Å². The molecule has 1 saturated heterocycles. The number of halogens is 1. The summed E-state index contributed by atoms with van der Waals surface area (Å²) in [6.45, 7) is 5.25. The Labute approximate surface area is 157 Å². The number of nitrogens with one attached hydrogen (secondary N) is 1. The van der Waals surface area contributed by atoms with Gasteiger partial charge in [0.2, 0.25) is 5.91 Å². The van der Waals surface area contributed by atoms with Crippen LogP contribution in [0.15, 0.2) is 24.4 Å². The number of carbonyl (C=O) groups is 1. The van der Waals surface area contributed by atoms with Crippen LogP contribution in [-0.2, 0) is 23.1 Å². The summed E-state index contributed by atoms with van der Waals surface area (Å²) in [5.74, 6) is 0.701. The van der Waals surface area contributed by atoms with Crippen molar-refractivity contribution in [2.24, 2.45) is 7.05 Å². The molecule has 0 saturated carbocycles. The number of hydrogen-bond donors (Lipinski definition) is 1. The van der Waals surface area contributed by atoms with Crippen LogP contribution in [-0.4, -0.2) is 47.0 Å². The van der Waals surface area contributed by atoms with E-state index in [1.165, 1.54) is 6.08 Å². The van der Waals surface area contributed by atoms with Gasteiger partial charge in [0.25, 0.3) is 0 Å². The van der Waals surface area contributed by atoms with Gasteiger partial charge in [0.1, 0.15) is 11.0 Å². The van der Waals surface area contributed by atoms with Crippen molar-refractivity contribution in [1.82, 2.24) is 20.1 Å². The van der Waals surface area contributed by atoms with Gasteiger partial charge in [-0.05, 0) is 19.1 Å². The summed E-state index contributed by atoms with van der Waals surface area (Å²) in [5, 5.41) is 7.63. The van der Waals surface area contributed by atoms with E-state index in [2.05, 4.69) is 20.3 Å². The van der Waals surface area contributed by atoms with Crippen LogP contribution in [0.5, 0.6) is 0 Å². The molecular weight excluding hydrogens is 354 g/mol. The van der Waals surface area contributed by atoms with Gasteiger partial charge in [-0.1, -0.05) is 17.7 Å². The van der Waals surface area contributed by atoms with E-state index in [9.17, 15) is 4.79 Å². The fourth-order valence-corrected chi connectivity index (χ4v) is 3.10. The predicted octanol–water partition coefficient (Wildman–Crippen LogP) is 1.94. The number of aromatic nitrogens is 3. The Kier molecular flexibility index (Phi) is 5.90. The third-order valence-corrected chi connectivity index (χ3v) is 4.68. The molecule has 0 unspecified atom stereocenters. The molecule has 2 aromatic heterocycles. The second-order valence-corrected chi connectivity index (χ2v) is 6.41. The first-order valence-corrected chi connectivity index (χ1v) is 8.85. The highest BCUT2D eigenvalue weighted by Crippen LogP contribution is 2.20. The molecule has 3 rings (SSSR count). The molecule has 7 nitrogen and oxygen atoms in total. The quantitative estimate of drug-likeness (QED) is 0.808. The van der Waals surface area contributed by atoms with E-state index in [4.69, 9.17) is 16.3 Å². The van der Waals surface area contributed by atoms with Crippen molar-refractivity contribution in [2.45, 2.75) is 13.5 Å². The highest BCUT2D eigenvalue weighted by atomic mass is 35.5. The van der Waals surface area contributed by atoms with Gasteiger partial charge in [-0.15, -0.1) is 0 Å². The van der Waals surface area contributed by atoms with Crippen molar-refractivity contribution < 1.29 is 9.53 Å². The molecule has 0 aliphatic carbocycles. The van der Waals surface area contributed by atoms with E-state index in [0.717, 1.165) is 35.7 Å². The summed E-state index contributed by atoms with van der Waals surface area (Å²) in [5.41, 5.74) is 2.51. The van der Waals surface area contributed by atoms with Crippen LogP contribution in [0, 0.1) is 6.92 Å². The van der Waals surface area contributed by atoms with E-state index in [1.807, 2.05) is 19.1 Å². The van der Waals surface area contributed by atoms with Crippen LogP contribution < -0.4 is 10.2 Å². The molecule has 138 valence electrons. The normalized spacial score (nSPS) is 14.8. The number of morpholine rings is 1. The van der Waals surface area contributed by atoms with Crippen LogP contribution in [0.25, 0.3) is 6.08 Å². The van der Waals surface area contributed by atoms with Gasteiger partial charge in [0.05, 0.1) is 18.9 Å². The molecule has 0 atom stereocenters. The molecule has 1 fully saturated rings. The summed E-state index contributed by atoms with van der Waals surface area (Å²) < 4.78 is 6.97. The topological polar surface area (TPSA) is 72.3 Å². The number of nitrogens with zero attached hydrogens (tertiary/aromatic N) is 4. The molecule has 0 spiro atoms. The summed E-state index contributed by atoms with van der Waals surface area (Å²) in [6.07, 6.45) is 4.93. The zero-order chi connectivity index (χ0) is 18.5. The Hall–Kier alpha value is -2.38. The molecule has 2 aromatic rings. The maximum atomic E-state index is 12.2. The lowest BCUT2D eigenvalue weighted by atomic mass is 10.2. The molecule has 0 radical (unpaired) electrons. The van der Waals surface area contributed by atoms with Crippen LogP contribution >= 0.6 is 11.6 Å². The zero-order valence-corrected chi connectivity index (χ0v) is 15.7. The standard InChI is InChI=1S/C18H22ClN5O2/c1-13-15(17(19)23(2)22-13)5-6-16(25)21-12-14-4-3-7-20-18(14)24-8-10-26-11-9-24/h3-7H,8-12H2,1-2H3,(H,21,25)/b6-5+. The number of rotatable bonds is 5. The molecule has 1 N–H and O–H groups in total. The fourth-order valence-electron chi connectivity index (χ4n) is 2.86. The maximum absolute atomic E-state index is 12.2. The van der Waals surface area contributed by atoms with E-state index in [0.29, 0.717) is 24.9 Å². The van der Waals surface area contributed by atoms with Crippen LogP contribution in [0.3, 0.4) is 0 Å². The van der Waals surface area contributed by atoms with Gasteiger partial charge in [-0.2, -0.15) is 5.10 Å². The molecular formula is C18H22ClN5O2. The Bertz CT molecular complexity index is 812. The summed E-state index contributed by atoms with van der Waals surface area (Å²) >= 11 is 6.17. The van der Waals surface area contributed by atoms with Gasteiger partial charge >= 0.3 is 0 Å². The number of aryl methyl sites for hydroxylation is 2. The van der Waals surface area contributed by atoms with E-state index in [1.54, 1.807) is 24.0 Å². The number of anilines is 1. The van der Waals surface area contributed by atoms with Crippen molar-refractivity contribution in [1.29, 1.82) is 0 Å². The molecule has 8 heteroatoms. The minimum Gasteiger partial charge on any atom is -0.378 e. The third-order valence-electron chi connectivity index (χ3n) is 4.23. The Morgan fingerprint density at radius 2 is 2.19 bits per heavy atom. The van der Waals surface area contributed by atoms with Crippen LogP contribution in [0.1, 0.15) is 16.8 Å². The average Bonchev–Trinajstić information content (AvgIpc) is 2.91. The highest BCUT2D eigenvalue weighted by molar-refractivity contribution is 6.31. The van der Waals surface area contributed by atoms with Crippen molar-refractivity contribution in [3.63, 3.8) is 0 Å². The molecule has 1 aliphatic heterocycles. The van der Waals surface area contributed by atoms with Crippen molar-refractivity contribution in [3.8, 4) is 0 Å². The molecule has 26 heavy (non-hydrogen) atoms. The first kappa shape index (κ1) is 18.4. The van der Waals surface area contributed by atoms with Gasteiger partial charge in [0, 0.05) is 50.1 Å². The maximum Gasteiger partial charge on any atom is 0.244 e. The number of amides is 1. The summed E-state index contributed by atoms with van der Waals surface area (Å²) in [6, 6.07) is 3.85. The first-order valence-electron chi connectivity index (χ1n) is 8.48. The zero-order valence-electron chi connectivity index (χ0n) is 14.9. The average molecular weight is 376 g/mol. The highest BCUT2D eigenvalue weighted by Gasteiger charge is 2.16. The second-order valence-electron chi connectivity index (χ2n) is 6.05. The predicted molar refractivity (Wildman–Crippen MR) is 101 cm³/mol. The number of hydrogen-bond acceptors (Lipinski definition) is 5. The Morgan fingerprint density at radius 3 is 2.88 bits per heavy atom. The van der Waals surface area contributed by atoms with Crippen molar-refractivity contribution in [2.75, 3.05) is 31.2 Å². The van der Waals surface area contributed by atoms with E-state index >= 15 is 0 Å². The minimum absolute atomic E-state index is 0.193. The monoisotopic (exact) mass is 375 g/mol. The SMILES string of the molecule is Cc1nn(C)c(Cl)c1/C=C/C(=O)NCc1cccnc1N1CCOCC1. The second kappa shape index (κ2) is 8.33. The number of pyridine rings is 1. The smallest absolute Gasteiger partial charge is 0.244 e. The fraction of sp³-hybridized carbons (Fsp3) is 0.389. The molecule has 0 bridgehead atoms. The lowest BCUT2D eigenvalue weighted by molar-refractivity contribution is -0.116. The molecule has 1 amide bonds. The van der Waals surface area contributed by atoms with Crippen LogP contribution in [0.2, 0.25) is 5.15 Å². The summed E-state index contributed by atoms with van der Waals surface area (Å²) in [4.78, 5) is 18.8. The van der Waals surface area contributed by atoms with Crippen molar-refractivity contribution >= 4 is 29.4 Å². The van der Waals surface area contributed by atoms with Gasteiger partial charge in [0.15, 0.2) is 0 Å². The Balaban J connectivity index is 1.64. The van der Waals surface area contributed by atoms with Gasteiger partial charge < -0.3 is 15.0 Å². The van der Waals surface area contributed by atoms with Crippen LogP contribution in [0.4, 0.5) is 5.82 Å². The lowest BCUT2D eigenvalue weighted by Crippen LogP contribution is -2.37. The lowest BCUT2D eigenvalue weighted by Gasteiger charge is -2.29. The molecule has 3 heterocycles. The number of carbonyl (C=O) groups excluding carboxylic acids is 1. The molecule has 0 aromatic carbocycles. The third kappa shape index (κ3) is 4.23. The summed E-state index contributed by atoms with van der Waals surface area (Å²) in [7, 11) is 1.77. The minimum atomic E-state index is -0.193. The first-order chi connectivity index (χ1) is 12.6. The number of ether oxygens (including phenoxy) is 1. The van der Waals surface area contributed by atoms with Crippen molar-refractivity contribution in [3.05, 3.63) is 46.4 Å². The van der Waals surface area contributed by atoms with E-state index < -0.39 is 0 Å². The van der Waals surface area contributed by atoms with Gasteiger partial charge in [-0.25, -0.2) is 4.98 Å². The largest absolute Gasteiger partial charge is 0.378 e. The Morgan fingerprint density at radius 1 is 1.42 bits per heavy atom. The molecule has 1 aliphatic rings. The van der Waals surface area contributed by atoms with E-state index in [-0.39, 0.29) is 5.91 Å².